The van der Waals surface area contributed by atoms with Crippen LogP contribution in [0.5, 0.6) is 5.75 Å². The van der Waals surface area contributed by atoms with Crippen LogP contribution < -0.4 is 10.1 Å². The van der Waals surface area contributed by atoms with Crippen LogP contribution in [-0.4, -0.2) is 40.2 Å². The van der Waals surface area contributed by atoms with Gasteiger partial charge in [0.05, 0.1) is 19.2 Å². The Morgan fingerprint density at radius 3 is 2.89 bits per heavy atom. The number of halogens is 2. The van der Waals surface area contributed by atoms with Crippen molar-refractivity contribution in [1.29, 1.82) is 0 Å². The van der Waals surface area contributed by atoms with E-state index >= 15 is 0 Å². The molecule has 1 aliphatic rings. The number of carbonyl (C=O) groups excluding carboxylic acids is 1. The highest BCUT2D eigenvalue weighted by atomic mass is 32.2. The van der Waals surface area contributed by atoms with Crippen LogP contribution in [-0.2, 0) is 9.59 Å². The van der Waals surface area contributed by atoms with Crippen molar-refractivity contribution in [2.24, 2.45) is 10.2 Å². The molecular weight excluding hydrogens is 380 g/mol. The summed E-state index contributed by atoms with van der Waals surface area (Å²) in [5.41, 5.74) is 0.0738. The molecule has 1 amide bonds. The van der Waals surface area contributed by atoms with Crippen molar-refractivity contribution in [2.45, 2.75) is 37.9 Å². The summed E-state index contributed by atoms with van der Waals surface area (Å²) < 4.78 is 32.9. The van der Waals surface area contributed by atoms with Crippen molar-refractivity contribution in [3.8, 4) is 5.75 Å². The number of carbonyl (C=O) groups is 2. The molecule has 1 heterocycles. The van der Waals surface area contributed by atoms with Gasteiger partial charge in [0.1, 0.15) is 11.1 Å². The molecule has 0 saturated carbocycles. The number of rotatable bonds is 9. The maximum absolute atomic E-state index is 14.0. The molecule has 2 N–H and O–H groups in total. The summed E-state index contributed by atoms with van der Waals surface area (Å²) in [6.45, 7) is 2.31. The third kappa shape index (κ3) is 6.31. The minimum atomic E-state index is -1.10. The highest BCUT2D eigenvalue weighted by Gasteiger charge is 2.32. The van der Waals surface area contributed by atoms with E-state index in [1.54, 1.807) is 0 Å². The summed E-state index contributed by atoms with van der Waals surface area (Å²) in [5.74, 6) is -3.33. The van der Waals surface area contributed by atoms with Crippen molar-refractivity contribution < 1.29 is 28.2 Å². The molecule has 0 radical (unpaired) electrons. The summed E-state index contributed by atoms with van der Waals surface area (Å²) in [6, 6.07) is 1.79. The Morgan fingerprint density at radius 1 is 1.41 bits per heavy atom. The quantitative estimate of drug-likeness (QED) is 0.378. The minimum absolute atomic E-state index is 0.0738. The van der Waals surface area contributed by atoms with Gasteiger partial charge in [0.25, 0.3) is 0 Å². The first kappa shape index (κ1) is 20.8. The lowest BCUT2D eigenvalue weighted by molar-refractivity contribution is -0.138. The number of unbranched alkanes of at least 4 members (excludes halogenated alkanes) is 2. The fourth-order valence-corrected chi connectivity index (χ4v) is 3.16. The van der Waals surface area contributed by atoms with E-state index in [4.69, 9.17) is 9.84 Å². The molecule has 2 rings (SSSR count). The lowest BCUT2D eigenvalue weighted by Crippen LogP contribution is -2.26. The Bertz CT molecular complexity index is 771. The second-order valence-electron chi connectivity index (χ2n) is 5.70. The number of thioether (sulfide) groups is 1. The van der Waals surface area contributed by atoms with Gasteiger partial charge in [0.15, 0.2) is 16.7 Å². The standard InChI is InChI=1S/C17H19F2N3O4S/c1-2-3-4-5-26-15-10(6-11(18)7-12(15)19)9-20-22-17-21-16(25)13(27-17)8-14(23)24/h6-7,9,13H,2-5,8H2,1H3,(H,23,24)(H,21,22,25). The van der Waals surface area contributed by atoms with E-state index in [2.05, 4.69) is 15.5 Å². The summed E-state index contributed by atoms with van der Waals surface area (Å²) in [6.07, 6.45) is 3.41. The van der Waals surface area contributed by atoms with Gasteiger partial charge >= 0.3 is 5.97 Å². The van der Waals surface area contributed by atoms with Gasteiger partial charge in [-0.05, 0) is 12.5 Å². The molecule has 0 aliphatic carbocycles. The van der Waals surface area contributed by atoms with E-state index in [1.807, 2.05) is 6.92 Å². The number of amides is 1. The zero-order valence-electron chi connectivity index (χ0n) is 14.6. The highest BCUT2D eigenvalue weighted by molar-refractivity contribution is 8.15. The molecule has 1 aromatic rings. The second-order valence-corrected chi connectivity index (χ2v) is 6.90. The van der Waals surface area contributed by atoms with Gasteiger partial charge in [-0.25, -0.2) is 8.78 Å². The van der Waals surface area contributed by atoms with Crippen LogP contribution in [0.3, 0.4) is 0 Å². The maximum Gasteiger partial charge on any atom is 0.305 e. The normalized spacial score (nSPS) is 18.3. The minimum Gasteiger partial charge on any atom is -0.490 e. The number of carboxylic acids is 1. The third-order valence-corrected chi connectivity index (χ3v) is 4.59. The Labute approximate surface area is 158 Å². The summed E-state index contributed by atoms with van der Waals surface area (Å²) in [5, 5.41) is 18.0. The summed E-state index contributed by atoms with van der Waals surface area (Å²) in [4.78, 5) is 22.3. The molecule has 1 aromatic carbocycles. The van der Waals surface area contributed by atoms with Crippen LogP contribution in [0.15, 0.2) is 22.3 Å². The van der Waals surface area contributed by atoms with Crippen molar-refractivity contribution in [1.82, 2.24) is 5.32 Å². The van der Waals surface area contributed by atoms with Gasteiger partial charge in [-0.3, -0.25) is 9.59 Å². The monoisotopic (exact) mass is 399 g/mol. The smallest absolute Gasteiger partial charge is 0.305 e. The van der Waals surface area contributed by atoms with Crippen molar-refractivity contribution >= 4 is 35.0 Å². The van der Waals surface area contributed by atoms with Crippen LogP contribution in [0.2, 0.25) is 0 Å². The molecule has 0 bridgehead atoms. The number of hydrogen-bond acceptors (Lipinski definition) is 6. The molecule has 1 unspecified atom stereocenters. The van der Waals surface area contributed by atoms with E-state index in [0.717, 1.165) is 49.4 Å². The lowest BCUT2D eigenvalue weighted by Gasteiger charge is -2.10. The molecule has 146 valence electrons. The molecule has 27 heavy (non-hydrogen) atoms. The molecule has 1 atom stereocenters. The van der Waals surface area contributed by atoms with Crippen LogP contribution in [0.25, 0.3) is 0 Å². The van der Waals surface area contributed by atoms with E-state index in [9.17, 15) is 18.4 Å². The predicted octanol–water partition coefficient (Wildman–Crippen LogP) is 2.93. The van der Waals surface area contributed by atoms with Gasteiger partial charge in [-0.2, -0.15) is 5.10 Å². The number of hydrogen-bond donors (Lipinski definition) is 2. The fraction of sp³-hybridized carbons (Fsp3) is 0.412. The zero-order valence-corrected chi connectivity index (χ0v) is 15.4. The maximum atomic E-state index is 14.0. The van der Waals surface area contributed by atoms with Crippen LogP contribution in [0.1, 0.15) is 38.2 Å². The SMILES string of the molecule is CCCCCOc1c(F)cc(F)cc1C=NN=C1NC(=O)C(CC(=O)O)S1. The van der Waals surface area contributed by atoms with Crippen molar-refractivity contribution in [2.75, 3.05) is 6.61 Å². The van der Waals surface area contributed by atoms with Gasteiger partial charge in [-0.1, -0.05) is 31.5 Å². The molecule has 0 aromatic heterocycles. The number of aliphatic carboxylic acids is 1. The number of carboxylic acid groups (broad SMARTS) is 1. The number of nitrogens with zero attached hydrogens (tertiary/aromatic N) is 2. The molecule has 1 aliphatic heterocycles. The number of ether oxygens (including phenoxy) is 1. The van der Waals surface area contributed by atoms with Crippen LogP contribution >= 0.6 is 11.8 Å². The van der Waals surface area contributed by atoms with Gasteiger partial charge in [-0.15, -0.1) is 5.10 Å². The molecule has 0 spiro atoms. The first-order valence-corrected chi connectivity index (χ1v) is 9.20. The number of nitrogens with one attached hydrogen (secondary N) is 1. The first-order valence-electron chi connectivity index (χ1n) is 8.33. The Kier molecular flexibility index (Phi) is 7.71. The van der Waals surface area contributed by atoms with Gasteiger partial charge in [0.2, 0.25) is 5.91 Å². The summed E-state index contributed by atoms with van der Waals surface area (Å²) >= 11 is 0.927. The molecule has 10 heteroatoms. The van der Waals surface area contributed by atoms with E-state index in [-0.39, 0.29) is 29.5 Å². The average Bonchev–Trinajstić information content (AvgIpc) is 2.92. The van der Waals surface area contributed by atoms with Crippen LogP contribution in [0.4, 0.5) is 8.78 Å². The van der Waals surface area contributed by atoms with Crippen molar-refractivity contribution in [3.05, 3.63) is 29.3 Å². The Morgan fingerprint density at radius 2 is 2.19 bits per heavy atom. The fourth-order valence-electron chi connectivity index (χ4n) is 2.24. The van der Waals surface area contributed by atoms with Gasteiger partial charge < -0.3 is 15.2 Å². The molecule has 1 saturated heterocycles. The number of benzene rings is 1. The Hall–Kier alpha value is -2.49. The topological polar surface area (TPSA) is 100 Å². The molecule has 1 fully saturated rings. The average molecular weight is 399 g/mol. The molecular formula is C17H19F2N3O4S. The first-order chi connectivity index (χ1) is 12.9. The van der Waals surface area contributed by atoms with E-state index in [1.165, 1.54) is 0 Å². The third-order valence-electron chi connectivity index (χ3n) is 3.51. The zero-order chi connectivity index (χ0) is 19.8. The highest BCUT2D eigenvalue weighted by Crippen LogP contribution is 2.24. The molecule has 7 nitrogen and oxygen atoms in total. The Balaban J connectivity index is 2.09. The summed E-state index contributed by atoms with van der Waals surface area (Å²) in [7, 11) is 0. The largest absolute Gasteiger partial charge is 0.490 e. The van der Waals surface area contributed by atoms with Crippen molar-refractivity contribution in [3.63, 3.8) is 0 Å². The predicted molar refractivity (Wildman–Crippen MR) is 98.2 cm³/mol. The lowest BCUT2D eigenvalue weighted by atomic mass is 10.2. The number of amidine groups is 1. The van der Waals surface area contributed by atoms with Gasteiger partial charge in [0, 0.05) is 11.6 Å². The van der Waals surface area contributed by atoms with E-state index < -0.39 is 28.8 Å². The van der Waals surface area contributed by atoms with E-state index in [0.29, 0.717) is 0 Å². The van der Waals surface area contributed by atoms with Crippen LogP contribution in [0, 0.1) is 11.6 Å². The second kappa shape index (κ2) is 10.0.